The molecule has 0 fully saturated rings. The molecule has 20 heavy (non-hydrogen) atoms. The maximum atomic E-state index is 13.0. The number of anilines is 2. The first-order valence-electron chi connectivity index (χ1n) is 6.86. The van der Waals surface area contributed by atoms with E-state index < -0.39 is 0 Å². The van der Waals surface area contributed by atoms with Gasteiger partial charge in [0.1, 0.15) is 11.6 Å². The average molecular weight is 272 g/mol. The summed E-state index contributed by atoms with van der Waals surface area (Å²) in [6, 6.07) is 6.50. The molecule has 1 aromatic carbocycles. The van der Waals surface area contributed by atoms with Gasteiger partial charge in [-0.05, 0) is 37.0 Å². The second-order valence-corrected chi connectivity index (χ2v) is 5.04. The van der Waals surface area contributed by atoms with Crippen LogP contribution in [-0.2, 0) is 12.8 Å². The second kappa shape index (κ2) is 5.45. The minimum Gasteiger partial charge on any atom is -0.370 e. The highest BCUT2D eigenvalue weighted by molar-refractivity contribution is 5.51. The molecular formula is C15H17FN4. The van der Waals surface area contributed by atoms with Gasteiger partial charge in [-0.25, -0.2) is 9.37 Å². The van der Waals surface area contributed by atoms with Crippen LogP contribution in [0, 0.1) is 5.82 Å². The molecule has 4 nitrogen and oxygen atoms in total. The van der Waals surface area contributed by atoms with Crippen LogP contribution in [0.3, 0.4) is 0 Å². The molecule has 0 unspecified atom stereocenters. The fourth-order valence-electron chi connectivity index (χ4n) is 2.53. The van der Waals surface area contributed by atoms with Crippen LogP contribution in [0.1, 0.15) is 29.7 Å². The number of fused-ring (bicyclic) bond motifs is 1. The Morgan fingerprint density at radius 2 is 1.95 bits per heavy atom. The molecule has 0 saturated carbocycles. The Labute approximate surface area is 117 Å². The van der Waals surface area contributed by atoms with E-state index in [0.717, 1.165) is 48.4 Å². The third-order valence-electron chi connectivity index (χ3n) is 3.54. The van der Waals surface area contributed by atoms with E-state index in [1.807, 2.05) is 0 Å². The lowest BCUT2D eigenvalue weighted by molar-refractivity contribution is 0.627. The molecule has 0 aliphatic carbocycles. The van der Waals surface area contributed by atoms with Crippen molar-refractivity contribution in [1.82, 2.24) is 9.97 Å². The van der Waals surface area contributed by atoms with Gasteiger partial charge in [0.2, 0.25) is 5.95 Å². The predicted molar refractivity (Wildman–Crippen MR) is 77.1 cm³/mol. The SMILES string of the molecule is Nc1nc(Cc2ccc(F)cc2)c2c(n1)NCCCC2. The lowest BCUT2D eigenvalue weighted by atomic mass is 10.0. The normalized spacial score (nSPS) is 14.2. The van der Waals surface area contributed by atoms with Crippen molar-refractivity contribution in [2.45, 2.75) is 25.7 Å². The first kappa shape index (κ1) is 12.8. The van der Waals surface area contributed by atoms with Crippen molar-refractivity contribution in [2.24, 2.45) is 0 Å². The number of hydrogen-bond acceptors (Lipinski definition) is 4. The number of aromatic nitrogens is 2. The highest BCUT2D eigenvalue weighted by Gasteiger charge is 2.16. The Kier molecular flexibility index (Phi) is 3.50. The van der Waals surface area contributed by atoms with Gasteiger partial charge in [-0.2, -0.15) is 4.98 Å². The molecule has 0 saturated heterocycles. The molecular weight excluding hydrogens is 255 g/mol. The van der Waals surface area contributed by atoms with E-state index in [4.69, 9.17) is 5.73 Å². The number of nitrogens with zero attached hydrogens (tertiary/aromatic N) is 2. The zero-order valence-electron chi connectivity index (χ0n) is 11.2. The highest BCUT2D eigenvalue weighted by atomic mass is 19.1. The third kappa shape index (κ3) is 2.71. The van der Waals surface area contributed by atoms with E-state index in [-0.39, 0.29) is 11.8 Å². The molecule has 104 valence electrons. The van der Waals surface area contributed by atoms with Gasteiger partial charge in [0, 0.05) is 18.5 Å². The maximum absolute atomic E-state index is 13.0. The molecule has 2 heterocycles. The number of nitrogen functional groups attached to an aromatic ring is 1. The molecule has 5 heteroatoms. The molecule has 1 aromatic heterocycles. The summed E-state index contributed by atoms with van der Waals surface area (Å²) < 4.78 is 13.0. The number of halogens is 1. The number of nitrogens with one attached hydrogen (secondary N) is 1. The summed E-state index contributed by atoms with van der Waals surface area (Å²) in [7, 11) is 0. The predicted octanol–water partition coefficient (Wildman–Crippen LogP) is 2.54. The van der Waals surface area contributed by atoms with E-state index in [0.29, 0.717) is 6.42 Å². The standard InChI is InChI=1S/C15H17FN4/c16-11-6-4-10(5-7-11)9-13-12-3-1-2-8-18-14(12)20-15(17)19-13/h4-7H,1-3,8-9H2,(H3,17,18,19,20). The third-order valence-corrected chi connectivity index (χ3v) is 3.54. The van der Waals surface area contributed by atoms with E-state index in [1.165, 1.54) is 12.1 Å². The van der Waals surface area contributed by atoms with Crippen molar-refractivity contribution >= 4 is 11.8 Å². The van der Waals surface area contributed by atoms with E-state index in [1.54, 1.807) is 12.1 Å². The van der Waals surface area contributed by atoms with Gasteiger partial charge in [0.05, 0.1) is 5.69 Å². The summed E-state index contributed by atoms with van der Waals surface area (Å²) in [6.07, 6.45) is 3.84. The van der Waals surface area contributed by atoms with Crippen molar-refractivity contribution < 1.29 is 4.39 Å². The van der Waals surface area contributed by atoms with Gasteiger partial charge in [-0.3, -0.25) is 0 Å². The van der Waals surface area contributed by atoms with Gasteiger partial charge in [0.15, 0.2) is 0 Å². The Hall–Kier alpha value is -2.17. The van der Waals surface area contributed by atoms with Crippen LogP contribution in [0.5, 0.6) is 0 Å². The van der Waals surface area contributed by atoms with Gasteiger partial charge in [-0.15, -0.1) is 0 Å². The minimum atomic E-state index is -0.226. The zero-order valence-corrected chi connectivity index (χ0v) is 11.2. The second-order valence-electron chi connectivity index (χ2n) is 5.04. The van der Waals surface area contributed by atoms with Crippen LogP contribution >= 0.6 is 0 Å². The largest absolute Gasteiger partial charge is 0.370 e. The Morgan fingerprint density at radius 3 is 2.75 bits per heavy atom. The maximum Gasteiger partial charge on any atom is 0.222 e. The average Bonchev–Trinajstić information content (AvgIpc) is 2.66. The van der Waals surface area contributed by atoms with E-state index in [2.05, 4.69) is 15.3 Å². The fourth-order valence-corrected chi connectivity index (χ4v) is 2.53. The summed E-state index contributed by atoms with van der Waals surface area (Å²) in [4.78, 5) is 8.66. The molecule has 0 radical (unpaired) electrons. The van der Waals surface area contributed by atoms with Gasteiger partial charge in [-0.1, -0.05) is 12.1 Å². The zero-order chi connectivity index (χ0) is 13.9. The summed E-state index contributed by atoms with van der Waals surface area (Å²) in [5, 5.41) is 3.31. The number of nitrogens with two attached hydrogens (primary N) is 1. The molecule has 2 aromatic rings. The summed E-state index contributed by atoms with van der Waals surface area (Å²) >= 11 is 0. The summed E-state index contributed by atoms with van der Waals surface area (Å²) in [5.74, 6) is 0.916. The molecule has 0 spiro atoms. The topological polar surface area (TPSA) is 63.8 Å². The number of rotatable bonds is 2. The lowest BCUT2D eigenvalue weighted by Gasteiger charge is -2.12. The lowest BCUT2D eigenvalue weighted by Crippen LogP contribution is -2.10. The van der Waals surface area contributed by atoms with Crippen molar-refractivity contribution in [3.63, 3.8) is 0 Å². The Bertz CT molecular complexity index is 610. The first-order chi connectivity index (χ1) is 9.72. The van der Waals surface area contributed by atoms with Crippen LogP contribution in [0.2, 0.25) is 0 Å². The quantitative estimate of drug-likeness (QED) is 0.881. The molecule has 0 bridgehead atoms. The highest BCUT2D eigenvalue weighted by Crippen LogP contribution is 2.24. The van der Waals surface area contributed by atoms with E-state index in [9.17, 15) is 4.39 Å². The van der Waals surface area contributed by atoms with Crippen LogP contribution in [0.15, 0.2) is 24.3 Å². The molecule has 0 atom stereocenters. The summed E-state index contributed by atoms with van der Waals surface area (Å²) in [5.41, 5.74) is 8.89. The van der Waals surface area contributed by atoms with Gasteiger partial charge < -0.3 is 11.1 Å². The molecule has 3 N–H and O–H groups in total. The van der Waals surface area contributed by atoms with Crippen molar-refractivity contribution in [1.29, 1.82) is 0 Å². The first-order valence-corrected chi connectivity index (χ1v) is 6.86. The van der Waals surface area contributed by atoms with Crippen molar-refractivity contribution in [3.05, 3.63) is 46.9 Å². The van der Waals surface area contributed by atoms with E-state index >= 15 is 0 Å². The van der Waals surface area contributed by atoms with Gasteiger partial charge in [0.25, 0.3) is 0 Å². The smallest absolute Gasteiger partial charge is 0.222 e. The molecule has 3 rings (SSSR count). The van der Waals surface area contributed by atoms with Crippen LogP contribution in [0.4, 0.5) is 16.2 Å². The van der Waals surface area contributed by atoms with Gasteiger partial charge >= 0.3 is 0 Å². The molecule has 1 aliphatic rings. The van der Waals surface area contributed by atoms with Crippen molar-refractivity contribution in [3.8, 4) is 0 Å². The monoisotopic (exact) mass is 272 g/mol. The van der Waals surface area contributed by atoms with Crippen LogP contribution in [-0.4, -0.2) is 16.5 Å². The van der Waals surface area contributed by atoms with Crippen LogP contribution in [0.25, 0.3) is 0 Å². The Balaban J connectivity index is 1.96. The molecule has 1 aliphatic heterocycles. The van der Waals surface area contributed by atoms with Crippen LogP contribution < -0.4 is 11.1 Å². The Morgan fingerprint density at radius 1 is 1.15 bits per heavy atom. The number of hydrogen-bond donors (Lipinski definition) is 2. The summed E-state index contributed by atoms with van der Waals surface area (Å²) in [6.45, 7) is 0.916. The number of benzene rings is 1. The molecule has 0 amide bonds. The van der Waals surface area contributed by atoms with Crippen molar-refractivity contribution in [2.75, 3.05) is 17.6 Å². The fraction of sp³-hybridized carbons (Fsp3) is 0.333. The minimum absolute atomic E-state index is 0.226.